The molecule has 41 heavy (non-hydrogen) atoms. The smallest absolute Gasteiger partial charge is 0.345 e. The van der Waals surface area contributed by atoms with Gasteiger partial charge in [0.25, 0.3) is 5.91 Å². The normalized spacial score (nSPS) is 18.0. The third-order valence-electron chi connectivity index (χ3n) is 7.04. The molecule has 4 rings (SSSR count). The molecule has 3 atom stereocenters. The molecule has 2 aromatic carbocycles. The van der Waals surface area contributed by atoms with Gasteiger partial charge in [0.05, 0.1) is 0 Å². The highest BCUT2D eigenvalue weighted by molar-refractivity contribution is 8.00. The van der Waals surface area contributed by atoms with E-state index >= 15 is 0 Å². The fourth-order valence-electron chi connectivity index (χ4n) is 4.91. The largest absolute Gasteiger partial charge is 0.478 e. The van der Waals surface area contributed by atoms with E-state index in [4.69, 9.17) is 10.5 Å². The summed E-state index contributed by atoms with van der Waals surface area (Å²) in [4.78, 5) is 41.1. The average molecular weight is 616 g/mol. The molecule has 0 aromatic heterocycles. The van der Waals surface area contributed by atoms with Gasteiger partial charge in [0, 0.05) is 49.8 Å². The van der Waals surface area contributed by atoms with Crippen LogP contribution in [0.5, 0.6) is 5.75 Å². The minimum absolute atomic E-state index is 0. The molecule has 0 spiro atoms. The molecular formula is C28H33ClF3N3O5S. The molecule has 2 unspecified atom stereocenters. The summed E-state index contributed by atoms with van der Waals surface area (Å²) in [5.41, 5.74) is 7.81. The van der Waals surface area contributed by atoms with E-state index in [1.54, 1.807) is 24.8 Å². The van der Waals surface area contributed by atoms with Gasteiger partial charge in [-0.2, -0.15) is 0 Å². The highest BCUT2D eigenvalue weighted by atomic mass is 35.5. The number of amides is 2. The van der Waals surface area contributed by atoms with Crippen LogP contribution in [-0.4, -0.2) is 69.1 Å². The number of carbonyl (C=O) groups excluding carboxylic acids is 2. The fraction of sp³-hybridized carbons (Fsp3) is 0.464. The van der Waals surface area contributed by atoms with Crippen molar-refractivity contribution < 1.29 is 37.4 Å². The molecule has 1 fully saturated rings. The van der Waals surface area contributed by atoms with E-state index in [9.17, 15) is 32.7 Å². The number of nitrogens with two attached hydrogens (primary N) is 1. The summed E-state index contributed by atoms with van der Waals surface area (Å²) in [6.07, 6.45) is -0.755. The standard InChI is InChI=1S/C28H32F3N3O5S.ClH/c1-15(2)25(28(37)38)39-20-4-3-17-14-33(6-5-16(17)10-20)26(36)27-34(7-8-40-27)24(35)12-19(32)9-18-11-22(30)23(31)13-21(18)29;/h3-4,10-11,13,15,19,25,27H,5-9,12,14,32H2,1-2H3,(H,37,38);1H/t19-,25?,27?;/m1./s1. The molecule has 8 nitrogen and oxygen atoms in total. The van der Waals surface area contributed by atoms with Crippen LogP contribution in [0.1, 0.15) is 37.0 Å². The molecule has 2 amide bonds. The summed E-state index contributed by atoms with van der Waals surface area (Å²) in [6, 6.07) is 5.68. The third kappa shape index (κ3) is 7.66. The summed E-state index contributed by atoms with van der Waals surface area (Å²) in [5, 5.41) is 8.68. The number of carboxylic acids is 1. The number of rotatable bonds is 9. The van der Waals surface area contributed by atoms with E-state index in [0.29, 0.717) is 43.6 Å². The van der Waals surface area contributed by atoms with Crippen molar-refractivity contribution in [1.82, 2.24) is 9.80 Å². The van der Waals surface area contributed by atoms with E-state index in [1.165, 1.54) is 16.7 Å². The van der Waals surface area contributed by atoms with Crippen LogP contribution in [0.15, 0.2) is 30.3 Å². The van der Waals surface area contributed by atoms with Crippen molar-refractivity contribution >= 4 is 42.0 Å². The number of halogens is 4. The van der Waals surface area contributed by atoms with Gasteiger partial charge in [-0.3, -0.25) is 9.59 Å². The highest BCUT2D eigenvalue weighted by Gasteiger charge is 2.38. The third-order valence-corrected chi connectivity index (χ3v) is 8.23. The zero-order valence-corrected chi connectivity index (χ0v) is 24.3. The van der Waals surface area contributed by atoms with E-state index < -0.39 is 40.9 Å². The van der Waals surface area contributed by atoms with E-state index in [2.05, 4.69) is 0 Å². The van der Waals surface area contributed by atoms with Crippen molar-refractivity contribution in [3.63, 3.8) is 0 Å². The van der Waals surface area contributed by atoms with E-state index in [-0.39, 0.29) is 48.5 Å². The van der Waals surface area contributed by atoms with Crippen molar-refractivity contribution in [3.8, 4) is 5.75 Å². The first-order chi connectivity index (χ1) is 18.9. The van der Waals surface area contributed by atoms with Gasteiger partial charge in [-0.15, -0.1) is 24.2 Å². The van der Waals surface area contributed by atoms with Gasteiger partial charge < -0.3 is 25.4 Å². The number of benzene rings is 2. The zero-order valence-electron chi connectivity index (χ0n) is 22.6. The Morgan fingerprint density at radius 1 is 1.07 bits per heavy atom. The van der Waals surface area contributed by atoms with Gasteiger partial charge in [0.1, 0.15) is 11.6 Å². The van der Waals surface area contributed by atoms with Crippen LogP contribution in [0.2, 0.25) is 0 Å². The van der Waals surface area contributed by atoms with E-state index in [0.717, 1.165) is 17.2 Å². The Morgan fingerprint density at radius 2 is 1.78 bits per heavy atom. The lowest BCUT2D eigenvalue weighted by molar-refractivity contribution is -0.147. The lowest BCUT2D eigenvalue weighted by Gasteiger charge is -2.33. The molecule has 2 heterocycles. The number of hydrogen-bond acceptors (Lipinski definition) is 6. The quantitative estimate of drug-likeness (QED) is 0.413. The minimum Gasteiger partial charge on any atom is -0.478 e. The van der Waals surface area contributed by atoms with Crippen LogP contribution in [0.4, 0.5) is 13.2 Å². The summed E-state index contributed by atoms with van der Waals surface area (Å²) in [6.45, 7) is 4.68. The van der Waals surface area contributed by atoms with Crippen LogP contribution >= 0.6 is 24.2 Å². The fourth-order valence-corrected chi connectivity index (χ4v) is 6.13. The number of fused-ring (bicyclic) bond motifs is 1. The van der Waals surface area contributed by atoms with Crippen LogP contribution in [0.25, 0.3) is 0 Å². The van der Waals surface area contributed by atoms with Gasteiger partial charge in [-0.05, 0) is 47.7 Å². The summed E-state index contributed by atoms with van der Waals surface area (Å²) in [5.74, 6) is -4.20. The van der Waals surface area contributed by atoms with Crippen molar-refractivity contribution in [2.24, 2.45) is 11.7 Å². The predicted molar refractivity (Wildman–Crippen MR) is 150 cm³/mol. The number of thioether (sulfide) groups is 1. The molecule has 224 valence electrons. The Kier molecular flexibility index (Phi) is 11.0. The van der Waals surface area contributed by atoms with Crippen molar-refractivity contribution in [3.05, 3.63) is 64.5 Å². The molecule has 1 saturated heterocycles. The monoisotopic (exact) mass is 615 g/mol. The van der Waals surface area contributed by atoms with Crippen LogP contribution in [-0.2, 0) is 33.8 Å². The maximum atomic E-state index is 14.0. The molecule has 0 radical (unpaired) electrons. The second kappa shape index (κ2) is 13.8. The molecule has 0 saturated carbocycles. The molecule has 2 aromatic rings. The number of carboxylic acid groups (broad SMARTS) is 1. The molecule has 0 bridgehead atoms. The van der Waals surface area contributed by atoms with Gasteiger partial charge in [0.15, 0.2) is 23.1 Å². The first-order valence-corrected chi connectivity index (χ1v) is 14.1. The molecular weight excluding hydrogens is 583 g/mol. The number of nitrogens with zero attached hydrogens (tertiary/aromatic N) is 2. The first kappa shape index (κ1) is 32.6. The Hall–Kier alpha value is -2.96. The minimum atomic E-state index is -1.30. The summed E-state index contributed by atoms with van der Waals surface area (Å²) in [7, 11) is 0. The lowest BCUT2D eigenvalue weighted by Crippen LogP contribution is -2.49. The molecule has 2 aliphatic heterocycles. The summed E-state index contributed by atoms with van der Waals surface area (Å²) >= 11 is 1.36. The zero-order chi connectivity index (χ0) is 29.1. The lowest BCUT2D eigenvalue weighted by atomic mass is 9.99. The molecule has 2 aliphatic rings. The molecule has 13 heteroatoms. The van der Waals surface area contributed by atoms with Crippen molar-refractivity contribution in [2.45, 2.75) is 57.2 Å². The van der Waals surface area contributed by atoms with E-state index in [1.807, 2.05) is 12.1 Å². The number of aliphatic carboxylic acids is 1. The topological polar surface area (TPSA) is 113 Å². The summed E-state index contributed by atoms with van der Waals surface area (Å²) < 4.78 is 46.4. The van der Waals surface area contributed by atoms with Crippen molar-refractivity contribution in [2.75, 3.05) is 18.8 Å². The van der Waals surface area contributed by atoms with Gasteiger partial charge in [-0.1, -0.05) is 19.9 Å². The number of carbonyl (C=O) groups is 3. The SMILES string of the molecule is CC(C)C(Oc1ccc2c(c1)CCN(C(=O)C1SCCN1C(=O)C[C@H](N)Cc1cc(F)c(F)cc1F)C2)C(=O)O.Cl. The maximum absolute atomic E-state index is 14.0. The predicted octanol–water partition coefficient (Wildman–Crippen LogP) is 3.76. The Balaban J connectivity index is 0.00000462. The highest BCUT2D eigenvalue weighted by Crippen LogP contribution is 2.30. The second-order valence-electron chi connectivity index (χ2n) is 10.4. The Bertz CT molecular complexity index is 1300. The Labute approximate surface area is 246 Å². The van der Waals surface area contributed by atoms with Crippen LogP contribution < -0.4 is 10.5 Å². The van der Waals surface area contributed by atoms with Crippen molar-refractivity contribution in [1.29, 1.82) is 0 Å². The average Bonchev–Trinajstić information content (AvgIpc) is 3.39. The second-order valence-corrected chi connectivity index (χ2v) is 11.6. The number of ether oxygens (including phenoxy) is 1. The first-order valence-electron chi connectivity index (χ1n) is 13.0. The van der Waals surface area contributed by atoms with Gasteiger partial charge in [-0.25, -0.2) is 18.0 Å². The van der Waals surface area contributed by atoms with Crippen LogP contribution in [0.3, 0.4) is 0 Å². The number of hydrogen-bond donors (Lipinski definition) is 2. The Morgan fingerprint density at radius 3 is 2.46 bits per heavy atom. The van der Waals surface area contributed by atoms with Gasteiger partial charge in [0.2, 0.25) is 5.91 Å². The van der Waals surface area contributed by atoms with Gasteiger partial charge >= 0.3 is 5.97 Å². The molecule has 3 N–H and O–H groups in total. The molecule has 0 aliphatic carbocycles. The maximum Gasteiger partial charge on any atom is 0.345 e. The van der Waals surface area contributed by atoms with Crippen LogP contribution in [0, 0.1) is 23.4 Å².